The zero-order chi connectivity index (χ0) is 23.4. The van der Waals surface area contributed by atoms with Crippen molar-refractivity contribution in [2.24, 2.45) is 0 Å². The van der Waals surface area contributed by atoms with Gasteiger partial charge in [-0.1, -0.05) is 67.8 Å². The molecule has 0 saturated heterocycles. The second-order valence-electron chi connectivity index (χ2n) is 8.42. The number of allylic oxidation sites excluding steroid dienone is 2. The van der Waals surface area contributed by atoms with Crippen LogP contribution < -0.4 is 4.90 Å². The molecular formula is C27H29ClN2O2S. The van der Waals surface area contributed by atoms with Crippen molar-refractivity contribution in [2.45, 2.75) is 57.5 Å². The van der Waals surface area contributed by atoms with Gasteiger partial charge >= 0.3 is 0 Å². The monoisotopic (exact) mass is 480 g/mol. The molecule has 2 aliphatic rings. The first-order chi connectivity index (χ1) is 16.1. The van der Waals surface area contributed by atoms with E-state index in [1.807, 2.05) is 59.7 Å². The van der Waals surface area contributed by atoms with Gasteiger partial charge in [0.25, 0.3) is 5.91 Å². The Morgan fingerprint density at radius 2 is 1.97 bits per heavy atom. The molecule has 2 amide bonds. The van der Waals surface area contributed by atoms with Gasteiger partial charge in [0.05, 0.1) is 17.1 Å². The van der Waals surface area contributed by atoms with Gasteiger partial charge in [0.15, 0.2) is 0 Å². The Bertz CT molecular complexity index is 1080. The van der Waals surface area contributed by atoms with E-state index < -0.39 is 6.04 Å². The summed E-state index contributed by atoms with van der Waals surface area (Å²) < 4.78 is 0. The SMILES string of the molecule is C=CC1=C(/C=C\C)C(N(C(=O)Cc2cccs2)c2ccccc2Cl)C(=O)N1C1CCCCC1. The number of para-hydroxylation sites is 1. The van der Waals surface area contributed by atoms with E-state index in [0.717, 1.165) is 41.8 Å². The van der Waals surface area contributed by atoms with Crippen molar-refractivity contribution in [3.8, 4) is 0 Å². The van der Waals surface area contributed by atoms with Gasteiger partial charge in [-0.2, -0.15) is 0 Å². The summed E-state index contributed by atoms with van der Waals surface area (Å²) >= 11 is 8.11. The van der Waals surface area contributed by atoms with Gasteiger partial charge in [0, 0.05) is 22.2 Å². The molecule has 1 fully saturated rings. The number of amides is 2. The molecular weight excluding hydrogens is 452 g/mol. The van der Waals surface area contributed by atoms with Crippen LogP contribution in [0, 0.1) is 0 Å². The number of hydrogen-bond acceptors (Lipinski definition) is 3. The van der Waals surface area contributed by atoms with Crippen LogP contribution in [-0.2, 0) is 16.0 Å². The van der Waals surface area contributed by atoms with Crippen LogP contribution in [0.2, 0.25) is 5.02 Å². The Morgan fingerprint density at radius 1 is 1.21 bits per heavy atom. The summed E-state index contributed by atoms with van der Waals surface area (Å²) in [6, 6.07) is 10.5. The third kappa shape index (κ3) is 4.71. The van der Waals surface area contributed by atoms with Crippen molar-refractivity contribution < 1.29 is 9.59 Å². The van der Waals surface area contributed by atoms with Crippen LogP contribution in [0.1, 0.15) is 43.9 Å². The largest absolute Gasteiger partial charge is 0.307 e. The molecule has 2 heterocycles. The fraction of sp³-hybridized carbons (Fsp3) is 0.333. The molecule has 33 heavy (non-hydrogen) atoms. The first-order valence-corrected chi connectivity index (χ1v) is 12.7. The quantitative estimate of drug-likeness (QED) is 0.451. The highest BCUT2D eigenvalue weighted by molar-refractivity contribution is 7.10. The lowest BCUT2D eigenvalue weighted by Gasteiger charge is -2.34. The summed E-state index contributed by atoms with van der Waals surface area (Å²) in [5.41, 5.74) is 2.15. The fourth-order valence-corrected chi connectivity index (χ4v) is 5.83. The molecule has 0 N–H and O–H groups in total. The zero-order valence-corrected chi connectivity index (χ0v) is 20.4. The number of carbonyl (C=O) groups excluding carboxylic acids is 2. The van der Waals surface area contributed by atoms with Crippen molar-refractivity contribution in [2.75, 3.05) is 4.90 Å². The Balaban J connectivity index is 1.82. The fourth-order valence-electron chi connectivity index (χ4n) is 4.91. The van der Waals surface area contributed by atoms with E-state index in [2.05, 4.69) is 6.58 Å². The van der Waals surface area contributed by atoms with Crippen molar-refractivity contribution in [1.82, 2.24) is 4.90 Å². The van der Waals surface area contributed by atoms with E-state index >= 15 is 0 Å². The van der Waals surface area contributed by atoms with Gasteiger partial charge in [-0.15, -0.1) is 11.3 Å². The Morgan fingerprint density at radius 3 is 2.61 bits per heavy atom. The average molecular weight is 481 g/mol. The zero-order valence-electron chi connectivity index (χ0n) is 18.9. The lowest BCUT2D eigenvalue weighted by Crippen LogP contribution is -2.50. The molecule has 0 radical (unpaired) electrons. The van der Waals surface area contributed by atoms with Gasteiger partial charge in [-0.25, -0.2) is 0 Å². The molecule has 1 aromatic heterocycles. The van der Waals surface area contributed by atoms with E-state index in [-0.39, 0.29) is 24.3 Å². The van der Waals surface area contributed by atoms with Crippen molar-refractivity contribution in [1.29, 1.82) is 0 Å². The minimum absolute atomic E-state index is 0.0793. The summed E-state index contributed by atoms with van der Waals surface area (Å²) in [6.45, 7) is 5.95. The maximum atomic E-state index is 14.1. The first kappa shape index (κ1) is 23.5. The molecule has 1 aromatic carbocycles. The summed E-state index contributed by atoms with van der Waals surface area (Å²) in [5, 5.41) is 2.40. The molecule has 2 aromatic rings. The van der Waals surface area contributed by atoms with Crippen molar-refractivity contribution in [3.63, 3.8) is 0 Å². The molecule has 1 aliphatic carbocycles. The minimum atomic E-state index is -0.775. The normalized spacial score (nSPS) is 19.5. The molecule has 4 rings (SSSR count). The summed E-state index contributed by atoms with van der Waals surface area (Å²) in [4.78, 5) is 32.3. The molecule has 1 aliphatic heterocycles. The van der Waals surface area contributed by atoms with Gasteiger partial charge < -0.3 is 4.90 Å². The highest BCUT2D eigenvalue weighted by Crippen LogP contribution is 2.39. The third-order valence-corrected chi connectivity index (χ3v) is 7.54. The summed E-state index contributed by atoms with van der Waals surface area (Å²) in [6.07, 6.45) is 11.2. The van der Waals surface area contributed by atoms with Crippen LogP contribution in [0.25, 0.3) is 0 Å². The predicted octanol–water partition coefficient (Wildman–Crippen LogP) is 6.54. The highest BCUT2D eigenvalue weighted by atomic mass is 35.5. The third-order valence-electron chi connectivity index (χ3n) is 6.35. The van der Waals surface area contributed by atoms with Crippen molar-refractivity contribution in [3.05, 3.63) is 87.8 Å². The topological polar surface area (TPSA) is 40.6 Å². The van der Waals surface area contributed by atoms with E-state index in [4.69, 9.17) is 11.6 Å². The lowest BCUT2D eigenvalue weighted by molar-refractivity contribution is -0.132. The second-order valence-corrected chi connectivity index (χ2v) is 9.86. The number of anilines is 1. The van der Waals surface area contributed by atoms with Crippen LogP contribution >= 0.6 is 22.9 Å². The Labute approximate surface area is 204 Å². The number of halogens is 1. The Kier molecular flexibility index (Phi) is 7.51. The van der Waals surface area contributed by atoms with E-state index in [1.54, 1.807) is 17.0 Å². The first-order valence-electron chi connectivity index (χ1n) is 11.5. The van der Waals surface area contributed by atoms with Gasteiger partial charge in [0.1, 0.15) is 6.04 Å². The van der Waals surface area contributed by atoms with Crippen LogP contribution in [0.4, 0.5) is 5.69 Å². The number of rotatable bonds is 7. The molecule has 0 bridgehead atoms. The van der Waals surface area contributed by atoms with Gasteiger partial charge in [-0.05, 0) is 49.4 Å². The summed E-state index contributed by atoms with van der Waals surface area (Å²) in [7, 11) is 0. The molecule has 172 valence electrons. The van der Waals surface area contributed by atoms with E-state index in [9.17, 15) is 9.59 Å². The molecule has 1 atom stereocenters. The number of carbonyl (C=O) groups is 2. The molecule has 6 heteroatoms. The average Bonchev–Trinajstić information content (AvgIpc) is 3.42. The number of thiophene rings is 1. The van der Waals surface area contributed by atoms with Crippen LogP contribution in [0.15, 0.2) is 77.9 Å². The predicted molar refractivity (Wildman–Crippen MR) is 137 cm³/mol. The number of nitrogens with zero attached hydrogens (tertiary/aromatic N) is 2. The van der Waals surface area contributed by atoms with E-state index in [1.165, 1.54) is 17.8 Å². The van der Waals surface area contributed by atoms with Crippen LogP contribution in [0.5, 0.6) is 0 Å². The standard InChI is InChI=1S/C27H29ClN2O2S/c1-3-11-21-23(4-2)29(19-12-6-5-7-13-19)27(32)26(21)30(24-16-9-8-15-22(24)28)25(31)18-20-14-10-17-33-20/h3-4,8-11,14-17,19,26H,2,5-7,12-13,18H2,1H3/b11-3-. The molecule has 4 nitrogen and oxygen atoms in total. The lowest BCUT2D eigenvalue weighted by atomic mass is 9.94. The maximum absolute atomic E-state index is 14.1. The van der Waals surface area contributed by atoms with Gasteiger partial charge in [-0.3, -0.25) is 14.5 Å². The molecule has 0 spiro atoms. The number of benzene rings is 1. The smallest absolute Gasteiger partial charge is 0.255 e. The summed E-state index contributed by atoms with van der Waals surface area (Å²) in [5.74, 6) is -0.232. The van der Waals surface area contributed by atoms with Gasteiger partial charge in [0.2, 0.25) is 5.91 Å². The minimum Gasteiger partial charge on any atom is -0.307 e. The number of hydrogen-bond donors (Lipinski definition) is 0. The maximum Gasteiger partial charge on any atom is 0.255 e. The molecule has 1 unspecified atom stereocenters. The second kappa shape index (κ2) is 10.5. The Hall–Kier alpha value is -2.63. The highest BCUT2D eigenvalue weighted by Gasteiger charge is 2.46. The van der Waals surface area contributed by atoms with Crippen LogP contribution in [-0.4, -0.2) is 28.8 Å². The van der Waals surface area contributed by atoms with Crippen LogP contribution in [0.3, 0.4) is 0 Å². The van der Waals surface area contributed by atoms with E-state index in [0.29, 0.717) is 10.7 Å². The molecule has 1 saturated carbocycles. The van der Waals surface area contributed by atoms with Crippen molar-refractivity contribution >= 4 is 40.4 Å².